The van der Waals surface area contributed by atoms with Gasteiger partial charge in [0.1, 0.15) is 5.00 Å². The lowest BCUT2D eigenvalue weighted by Gasteiger charge is -2.27. The molecule has 1 aliphatic heterocycles. The summed E-state index contributed by atoms with van der Waals surface area (Å²) in [6.45, 7) is 8.77. The number of likely N-dealkylation sites (N-methyl/N-ethyl adjacent to an activating group) is 1. The normalized spacial score (nSPS) is 15.2. The maximum Gasteiger partial charge on any atom is 0.257 e. The van der Waals surface area contributed by atoms with Crippen molar-refractivity contribution in [1.82, 2.24) is 9.80 Å². The minimum atomic E-state index is -0.0951. The van der Waals surface area contributed by atoms with E-state index in [1.54, 1.807) is 0 Å². The average Bonchev–Trinajstić information content (AvgIpc) is 3.10. The minimum absolute atomic E-state index is 0.0396. The second-order valence-electron chi connectivity index (χ2n) is 8.13. The van der Waals surface area contributed by atoms with Crippen molar-refractivity contribution in [2.75, 3.05) is 45.2 Å². The molecule has 2 aromatic rings. The van der Waals surface area contributed by atoms with Crippen LogP contribution in [0.4, 0.5) is 5.00 Å². The summed E-state index contributed by atoms with van der Waals surface area (Å²) in [5.41, 5.74) is 2.56. The van der Waals surface area contributed by atoms with Crippen molar-refractivity contribution < 1.29 is 14.3 Å². The third kappa shape index (κ3) is 5.73. The van der Waals surface area contributed by atoms with Crippen LogP contribution in [-0.4, -0.2) is 67.6 Å². The molecule has 1 N–H and O–H groups in total. The maximum absolute atomic E-state index is 13.4. The van der Waals surface area contributed by atoms with Crippen molar-refractivity contribution in [1.29, 1.82) is 0 Å². The predicted octanol–water partition coefficient (Wildman–Crippen LogP) is 4.25. The van der Waals surface area contributed by atoms with Gasteiger partial charge in [-0.15, -0.1) is 11.3 Å². The van der Waals surface area contributed by atoms with Gasteiger partial charge in [0, 0.05) is 24.0 Å². The largest absolute Gasteiger partial charge is 0.378 e. The highest BCUT2D eigenvalue weighted by molar-refractivity contribution is 7.20. The molecule has 0 aliphatic carbocycles. The Balaban J connectivity index is 1.88. The van der Waals surface area contributed by atoms with Gasteiger partial charge in [-0.05, 0) is 38.4 Å². The molecule has 1 fully saturated rings. The van der Waals surface area contributed by atoms with Crippen LogP contribution in [0.2, 0.25) is 0 Å². The molecular formula is C24H33N3O3S. The summed E-state index contributed by atoms with van der Waals surface area (Å²) in [7, 11) is 1.97. The second kappa shape index (κ2) is 10.9. The number of amides is 2. The summed E-state index contributed by atoms with van der Waals surface area (Å²) in [5.74, 6) is -0.135. The Kier molecular flexibility index (Phi) is 8.23. The Morgan fingerprint density at radius 2 is 1.90 bits per heavy atom. The van der Waals surface area contributed by atoms with E-state index in [2.05, 4.69) is 24.1 Å². The smallest absolute Gasteiger partial charge is 0.257 e. The van der Waals surface area contributed by atoms with Gasteiger partial charge in [0.15, 0.2) is 0 Å². The molecule has 0 bridgehead atoms. The van der Waals surface area contributed by atoms with Gasteiger partial charge < -0.3 is 15.0 Å². The SMILES string of the molecule is CCCC(C)N(C)CC(=O)Nc1sc(-c2ccccc2)c(C)c1C(=O)N1CCOCC1. The standard InChI is InChI=1S/C24H33N3O3S/c1-5-9-17(2)26(4)16-20(28)25-23-21(24(29)27-12-14-30-15-13-27)18(3)22(31-23)19-10-7-6-8-11-19/h6-8,10-11,17H,5,9,12-16H2,1-4H3,(H,25,28). The molecule has 1 aliphatic rings. The summed E-state index contributed by atoms with van der Waals surface area (Å²) in [5, 5.41) is 3.68. The molecule has 2 heterocycles. The number of benzene rings is 1. The van der Waals surface area contributed by atoms with E-state index in [9.17, 15) is 9.59 Å². The van der Waals surface area contributed by atoms with Crippen molar-refractivity contribution in [2.24, 2.45) is 0 Å². The van der Waals surface area contributed by atoms with Crippen molar-refractivity contribution in [3.05, 3.63) is 41.5 Å². The number of nitrogens with zero attached hydrogens (tertiary/aromatic N) is 2. The lowest BCUT2D eigenvalue weighted by Crippen LogP contribution is -2.41. The minimum Gasteiger partial charge on any atom is -0.378 e. The number of anilines is 1. The molecule has 1 unspecified atom stereocenters. The van der Waals surface area contributed by atoms with Gasteiger partial charge in [-0.1, -0.05) is 43.7 Å². The van der Waals surface area contributed by atoms with Crippen molar-refractivity contribution in [3.63, 3.8) is 0 Å². The van der Waals surface area contributed by atoms with E-state index in [4.69, 9.17) is 4.74 Å². The fourth-order valence-electron chi connectivity index (χ4n) is 3.84. The third-order valence-corrected chi connectivity index (χ3v) is 7.06. The zero-order valence-electron chi connectivity index (χ0n) is 18.9. The Morgan fingerprint density at radius 3 is 2.55 bits per heavy atom. The highest BCUT2D eigenvalue weighted by Crippen LogP contribution is 2.40. The van der Waals surface area contributed by atoms with Crippen molar-refractivity contribution in [3.8, 4) is 10.4 Å². The van der Waals surface area contributed by atoms with E-state index in [0.29, 0.717) is 49.5 Å². The van der Waals surface area contributed by atoms with E-state index in [-0.39, 0.29) is 11.8 Å². The first-order valence-corrected chi connectivity index (χ1v) is 11.8. The van der Waals surface area contributed by atoms with Crippen molar-refractivity contribution in [2.45, 2.75) is 39.7 Å². The van der Waals surface area contributed by atoms with Crippen LogP contribution in [-0.2, 0) is 9.53 Å². The Bertz CT molecular complexity index is 891. The van der Waals surface area contributed by atoms with E-state index >= 15 is 0 Å². The first-order chi connectivity index (χ1) is 14.9. The van der Waals surface area contributed by atoms with Gasteiger partial charge in [-0.25, -0.2) is 0 Å². The average molecular weight is 444 g/mol. The number of rotatable bonds is 8. The molecule has 3 rings (SSSR count). The summed E-state index contributed by atoms with van der Waals surface area (Å²) in [6.07, 6.45) is 2.12. The molecule has 1 aromatic carbocycles. The van der Waals surface area contributed by atoms with Crippen molar-refractivity contribution >= 4 is 28.2 Å². The number of carbonyl (C=O) groups excluding carboxylic acids is 2. The predicted molar refractivity (Wildman–Crippen MR) is 127 cm³/mol. The van der Waals surface area contributed by atoms with Gasteiger partial charge in [0.25, 0.3) is 5.91 Å². The number of hydrogen-bond acceptors (Lipinski definition) is 5. The third-order valence-electron chi connectivity index (χ3n) is 5.80. The number of ether oxygens (including phenoxy) is 1. The van der Waals surface area contributed by atoms with E-state index < -0.39 is 0 Å². The number of hydrogen-bond donors (Lipinski definition) is 1. The number of thiophene rings is 1. The highest BCUT2D eigenvalue weighted by atomic mass is 32.1. The maximum atomic E-state index is 13.4. The lowest BCUT2D eigenvalue weighted by atomic mass is 10.1. The molecule has 6 nitrogen and oxygen atoms in total. The second-order valence-corrected chi connectivity index (χ2v) is 9.15. The number of nitrogens with one attached hydrogen (secondary N) is 1. The van der Waals surface area contributed by atoms with Gasteiger partial charge in [0.2, 0.25) is 5.91 Å². The molecule has 1 aromatic heterocycles. The molecule has 0 spiro atoms. The Labute approximate surface area is 189 Å². The monoisotopic (exact) mass is 443 g/mol. The first-order valence-electron chi connectivity index (χ1n) is 11.0. The van der Waals surface area contributed by atoms with Gasteiger partial charge in [-0.3, -0.25) is 14.5 Å². The van der Waals surface area contributed by atoms with Crippen LogP contribution in [0.1, 0.15) is 42.6 Å². The summed E-state index contributed by atoms with van der Waals surface area (Å²) in [6, 6.07) is 10.3. The summed E-state index contributed by atoms with van der Waals surface area (Å²) in [4.78, 5) is 31.1. The zero-order chi connectivity index (χ0) is 22.4. The van der Waals surface area contributed by atoms with Crippen LogP contribution in [0.3, 0.4) is 0 Å². The lowest BCUT2D eigenvalue weighted by molar-refractivity contribution is -0.117. The summed E-state index contributed by atoms with van der Waals surface area (Å²) >= 11 is 1.48. The fourth-order valence-corrected chi connectivity index (χ4v) is 5.06. The summed E-state index contributed by atoms with van der Waals surface area (Å²) < 4.78 is 5.40. The zero-order valence-corrected chi connectivity index (χ0v) is 19.8. The van der Waals surface area contributed by atoms with Crippen LogP contribution in [0.5, 0.6) is 0 Å². The molecule has 168 valence electrons. The topological polar surface area (TPSA) is 61.9 Å². The van der Waals surface area contributed by atoms with Gasteiger partial charge in [0.05, 0.1) is 25.3 Å². The Morgan fingerprint density at radius 1 is 1.23 bits per heavy atom. The van der Waals surface area contributed by atoms with Gasteiger partial charge >= 0.3 is 0 Å². The van der Waals surface area contributed by atoms with Crippen LogP contribution >= 0.6 is 11.3 Å². The number of morpholine rings is 1. The quantitative estimate of drug-likeness (QED) is 0.662. The Hall–Kier alpha value is -2.22. The van der Waals surface area contributed by atoms with Gasteiger partial charge in [-0.2, -0.15) is 0 Å². The molecule has 31 heavy (non-hydrogen) atoms. The first kappa shape index (κ1) is 23.4. The van der Waals surface area contributed by atoms with Crippen LogP contribution < -0.4 is 5.32 Å². The van der Waals surface area contributed by atoms with Crippen LogP contribution in [0, 0.1) is 6.92 Å². The molecule has 1 atom stereocenters. The molecule has 7 heteroatoms. The molecular weight excluding hydrogens is 410 g/mol. The van der Waals surface area contributed by atoms with Crippen LogP contribution in [0.25, 0.3) is 10.4 Å². The van der Waals surface area contributed by atoms with E-state index in [1.807, 2.05) is 49.2 Å². The molecule has 0 radical (unpaired) electrons. The van der Waals surface area contributed by atoms with E-state index in [1.165, 1.54) is 11.3 Å². The molecule has 0 saturated carbocycles. The number of carbonyl (C=O) groups is 2. The van der Waals surface area contributed by atoms with Crippen LogP contribution in [0.15, 0.2) is 30.3 Å². The molecule has 1 saturated heterocycles. The van der Waals surface area contributed by atoms with E-state index in [0.717, 1.165) is 28.8 Å². The highest BCUT2D eigenvalue weighted by Gasteiger charge is 2.28. The fraction of sp³-hybridized carbons (Fsp3) is 0.500. The molecule has 2 amide bonds.